The molecule has 2 N–H and O–H groups in total. The third-order valence-corrected chi connectivity index (χ3v) is 4.68. The molecule has 0 bridgehead atoms. The van der Waals surface area contributed by atoms with E-state index in [0.717, 1.165) is 34.6 Å². The number of carbonyl (C=O) groups excluding carboxylic acids is 1. The van der Waals surface area contributed by atoms with Gasteiger partial charge >= 0.3 is 5.97 Å². The number of aliphatic carboxylic acids is 1. The Hall–Kier alpha value is -2.95. The number of fused-ring (bicyclic) bond motifs is 2. The smallest absolute Gasteiger partial charge is 0.326 e. The highest BCUT2D eigenvalue weighted by atomic mass is 16.4. The fourth-order valence-corrected chi connectivity index (χ4v) is 3.22. The maximum Gasteiger partial charge on any atom is 0.326 e. The molecule has 0 aliphatic heterocycles. The van der Waals surface area contributed by atoms with Gasteiger partial charge in [-0.1, -0.05) is 49.2 Å². The first-order valence-electron chi connectivity index (χ1n) is 8.44. The summed E-state index contributed by atoms with van der Waals surface area (Å²) in [5.74, 6) is -0.932. The number of rotatable bonds is 5. The van der Waals surface area contributed by atoms with Crippen LogP contribution in [0.2, 0.25) is 0 Å². The Morgan fingerprint density at radius 2 is 1.60 bits per heavy atom. The second kappa shape index (κ2) is 6.16. The minimum Gasteiger partial charge on any atom is -0.480 e. The number of hydrogen-bond donors (Lipinski definition) is 2. The van der Waals surface area contributed by atoms with Crippen LogP contribution in [-0.4, -0.2) is 28.0 Å². The molecule has 0 spiro atoms. The van der Waals surface area contributed by atoms with Gasteiger partial charge in [0.25, 0.3) is 5.91 Å². The summed E-state index contributed by atoms with van der Waals surface area (Å²) in [5, 5.41) is 13.6. The van der Waals surface area contributed by atoms with E-state index >= 15 is 0 Å². The van der Waals surface area contributed by atoms with Crippen molar-refractivity contribution in [1.82, 2.24) is 10.3 Å². The van der Waals surface area contributed by atoms with Gasteiger partial charge in [0, 0.05) is 10.8 Å². The van der Waals surface area contributed by atoms with Crippen LogP contribution < -0.4 is 5.32 Å². The summed E-state index contributed by atoms with van der Waals surface area (Å²) in [6, 6.07) is 14.0. The van der Waals surface area contributed by atoms with Crippen LogP contribution >= 0.6 is 0 Å². The molecule has 1 saturated carbocycles. The third kappa shape index (κ3) is 3.05. The molecular formula is C20H18N2O3. The van der Waals surface area contributed by atoms with Gasteiger partial charge in [-0.25, -0.2) is 9.78 Å². The number of aromatic nitrogens is 1. The summed E-state index contributed by atoms with van der Waals surface area (Å²) in [5.41, 5.74) is 1.93. The minimum atomic E-state index is -0.983. The lowest BCUT2D eigenvalue weighted by atomic mass is 10.0. The Kier molecular flexibility index (Phi) is 3.84. The molecule has 2 aromatic carbocycles. The Labute approximate surface area is 144 Å². The van der Waals surface area contributed by atoms with Crippen molar-refractivity contribution in [1.29, 1.82) is 0 Å². The average molecular weight is 334 g/mol. The number of benzene rings is 2. The molecule has 1 fully saturated rings. The van der Waals surface area contributed by atoms with Gasteiger partial charge in [-0.3, -0.25) is 4.79 Å². The highest BCUT2D eigenvalue weighted by molar-refractivity contribution is 6.16. The molecule has 1 heterocycles. The lowest BCUT2D eigenvalue weighted by molar-refractivity contribution is -0.139. The van der Waals surface area contributed by atoms with E-state index < -0.39 is 12.0 Å². The van der Waals surface area contributed by atoms with E-state index in [-0.39, 0.29) is 5.91 Å². The van der Waals surface area contributed by atoms with Crippen molar-refractivity contribution in [2.75, 3.05) is 0 Å². The van der Waals surface area contributed by atoms with Gasteiger partial charge < -0.3 is 10.4 Å². The first kappa shape index (κ1) is 15.6. The molecule has 1 aliphatic carbocycles. The van der Waals surface area contributed by atoms with Crippen molar-refractivity contribution in [3.63, 3.8) is 0 Å². The quantitative estimate of drug-likeness (QED) is 0.701. The molecular weight excluding hydrogens is 316 g/mol. The number of hydrogen-bond acceptors (Lipinski definition) is 3. The van der Waals surface area contributed by atoms with Crippen molar-refractivity contribution in [3.8, 4) is 0 Å². The molecule has 3 aromatic rings. The second-order valence-electron chi connectivity index (χ2n) is 6.56. The topological polar surface area (TPSA) is 79.3 Å². The molecule has 0 saturated heterocycles. The molecule has 4 rings (SSSR count). The van der Waals surface area contributed by atoms with Crippen LogP contribution in [0.25, 0.3) is 21.8 Å². The van der Waals surface area contributed by atoms with Gasteiger partial charge in [-0.2, -0.15) is 0 Å². The number of amides is 1. The van der Waals surface area contributed by atoms with Crippen molar-refractivity contribution in [3.05, 3.63) is 54.1 Å². The monoisotopic (exact) mass is 334 g/mol. The van der Waals surface area contributed by atoms with Gasteiger partial charge in [0.05, 0.1) is 16.6 Å². The molecule has 0 radical (unpaired) electrons. The lowest BCUT2D eigenvalue weighted by Crippen LogP contribution is -2.41. The van der Waals surface area contributed by atoms with Crippen molar-refractivity contribution in [2.24, 2.45) is 5.92 Å². The summed E-state index contributed by atoms with van der Waals surface area (Å²) in [7, 11) is 0. The highest BCUT2D eigenvalue weighted by Gasteiger charge is 2.31. The molecule has 0 unspecified atom stereocenters. The molecule has 126 valence electrons. The van der Waals surface area contributed by atoms with E-state index in [0.29, 0.717) is 17.9 Å². The van der Waals surface area contributed by atoms with Crippen LogP contribution in [0.3, 0.4) is 0 Å². The number of carboxylic acids is 1. The normalized spacial score (nSPS) is 15.2. The zero-order chi connectivity index (χ0) is 17.4. The van der Waals surface area contributed by atoms with Gasteiger partial charge in [0.2, 0.25) is 0 Å². The van der Waals surface area contributed by atoms with Gasteiger partial charge in [-0.05, 0) is 24.5 Å². The summed E-state index contributed by atoms with van der Waals surface area (Å²) < 4.78 is 0. The summed E-state index contributed by atoms with van der Waals surface area (Å²) in [6.07, 6.45) is 2.57. The van der Waals surface area contributed by atoms with Crippen LogP contribution in [0.1, 0.15) is 29.6 Å². The van der Waals surface area contributed by atoms with E-state index in [1.807, 2.05) is 48.5 Å². The van der Waals surface area contributed by atoms with Crippen molar-refractivity contribution < 1.29 is 14.7 Å². The minimum absolute atomic E-state index is 0.358. The fourth-order valence-electron chi connectivity index (χ4n) is 3.22. The standard InChI is InChI=1S/C20H18N2O3/c23-19(22-17(20(24)25)11-12-9-10-12)18-13-5-1-3-7-15(13)21-16-8-4-2-6-14(16)18/h1-8,12,17H,9-11H2,(H,22,23)(H,24,25)/t17-/m1/s1. The van der Waals surface area contributed by atoms with E-state index in [9.17, 15) is 14.7 Å². The molecule has 1 atom stereocenters. The molecule has 1 aromatic heterocycles. The maximum absolute atomic E-state index is 13.0. The Balaban J connectivity index is 1.79. The Bertz CT molecular complexity index is 925. The van der Waals surface area contributed by atoms with Crippen LogP contribution in [0.5, 0.6) is 0 Å². The predicted molar refractivity (Wildman–Crippen MR) is 95.5 cm³/mol. The zero-order valence-electron chi connectivity index (χ0n) is 13.6. The van der Waals surface area contributed by atoms with Crippen molar-refractivity contribution in [2.45, 2.75) is 25.3 Å². The van der Waals surface area contributed by atoms with Gasteiger partial charge in [0.1, 0.15) is 6.04 Å². The van der Waals surface area contributed by atoms with E-state index in [4.69, 9.17) is 0 Å². The molecule has 1 amide bonds. The zero-order valence-corrected chi connectivity index (χ0v) is 13.6. The number of nitrogens with one attached hydrogen (secondary N) is 1. The fraction of sp³-hybridized carbons (Fsp3) is 0.250. The number of para-hydroxylation sites is 2. The van der Waals surface area contributed by atoms with Crippen LogP contribution in [0.4, 0.5) is 0 Å². The number of carboxylic acid groups (broad SMARTS) is 1. The second-order valence-corrected chi connectivity index (χ2v) is 6.56. The molecule has 5 heteroatoms. The Morgan fingerprint density at radius 3 is 2.12 bits per heavy atom. The van der Waals surface area contributed by atoms with Crippen LogP contribution in [0, 0.1) is 5.92 Å². The third-order valence-electron chi connectivity index (χ3n) is 4.68. The maximum atomic E-state index is 13.0. The summed E-state index contributed by atoms with van der Waals surface area (Å²) in [6.45, 7) is 0. The molecule has 25 heavy (non-hydrogen) atoms. The van der Waals surface area contributed by atoms with E-state index in [1.165, 1.54) is 0 Å². The average Bonchev–Trinajstić information content (AvgIpc) is 3.42. The number of carbonyl (C=O) groups is 2. The van der Waals surface area contributed by atoms with E-state index in [1.54, 1.807) is 0 Å². The van der Waals surface area contributed by atoms with Crippen LogP contribution in [-0.2, 0) is 4.79 Å². The van der Waals surface area contributed by atoms with Gasteiger partial charge in [-0.15, -0.1) is 0 Å². The number of pyridine rings is 1. The van der Waals surface area contributed by atoms with Crippen LogP contribution in [0.15, 0.2) is 48.5 Å². The molecule has 5 nitrogen and oxygen atoms in total. The highest BCUT2D eigenvalue weighted by Crippen LogP contribution is 2.34. The largest absolute Gasteiger partial charge is 0.480 e. The van der Waals surface area contributed by atoms with E-state index in [2.05, 4.69) is 10.3 Å². The summed E-state index contributed by atoms with van der Waals surface area (Å²) >= 11 is 0. The first-order valence-corrected chi connectivity index (χ1v) is 8.44. The predicted octanol–water partition coefficient (Wildman–Crippen LogP) is 3.37. The molecule has 1 aliphatic rings. The Morgan fingerprint density at radius 1 is 1.04 bits per heavy atom. The summed E-state index contributed by atoms with van der Waals surface area (Å²) in [4.78, 5) is 29.1. The number of nitrogens with zero attached hydrogens (tertiary/aromatic N) is 1. The van der Waals surface area contributed by atoms with Crippen molar-refractivity contribution >= 4 is 33.7 Å². The lowest BCUT2D eigenvalue weighted by Gasteiger charge is -2.16. The SMILES string of the molecule is O=C(N[C@H](CC1CC1)C(=O)O)c1c2ccccc2nc2ccccc12. The van der Waals surface area contributed by atoms with Gasteiger partial charge in [0.15, 0.2) is 0 Å². The first-order chi connectivity index (χ1) is 12.1.